The lowest BCUT2D eigenvalue weighted by Crippen LogP contribution is -2.82. The molecule has 1 rings (SSSR count). The van der Waals surface area contributed by atoms with Crippen LogP contribution < -0.4 is 0 Å². The molecule has 1 saturated carbocycles. The normalized spacial score (nSPS) is 34.0. The maximum Gasteiger partial charge on any atom is 0.385 e. The summed E-state index contributed by atoms with van der Waals surface area (Å²) in [6.45, 7) is 0. The Morgan fingerprint density at radius 3 is 0.583 bits per heavy atom. The van der Waals surface area contributed by atoms with Crippen LogP contribution in [0.3, 0.4) is 0 Å². The third-order valence-electron chi connectivity index (χ3n) is 3.15. The van der Waals surface area contributed by atoms with E-state index in [0.717, 1.165) is 0 Å². The largest absolute Gasteiger partial charge is 0.385 e. The van der Waals surface area contributed by atoms with E-state index in [2.05, 4.69) is 0 Å². The molecule has 0 atom stereocenters. The molecule has 0 nitrogen and oxygen atoms in total. The standard InChI is InChI=1S/C8BrF15/c9-1(10)2(11,12)4(15,16)6(19,20)8(23,24)7(21,22)5(17,18)3(1,13)14. The first-order chi connectivity index (χ1) is 10.0. The minimum atomic E-state index is -8.12. The quantitative estimate of drug-likeness (QED) is 0.330. The van der Waals surface area contributed by atoms with Crippen LogP contribution in [0.4, 0.5) is 65.9 Å². The fourth-order valence-electron chi connectivity index (χ4n) is 1.58. The van der Waals surface area contributed by atoms with Gasteiger partial charge in [0.15, 0.2) is 0 Å². The molecule has 0 unspecified atom stereocenters. The molecule has 24 heavy (non-hydrogen) atoms. The molecule has 1 aliphatic rings. The maximum atomic E-state index is 13.3. The minimum Gasteiger partial charge on any atom is -0.217 e. The first kappa shape index (κ1) is 21.5. The van der Waals surface area contributed by atoms with E-state index in [0.29, 0.717) is 0 Å². The lowest BCUT2D eigenvalue weighted by atomic mass is 9.81. The number of halogens is 16. The summed E-state index contributed by atoms with van der Waals surface area (Å²) in [6.07, 6.45) is 0. The zero-order valence-corrected chi connectivity index (χ0v) is 11.6. The van der Waals surface area contributed by atoms with Gasteiger partial charge in [0, 0.05) is 0 Å². The first-order valence-electron chi connectivity index (χ1n) is 5.02. The molecular formula is C8BrF15. The Hall–Kier alpha value is -0.570. The van der Waals surface area contributed by atoms with Crippen molar-refractivity contribution in [1.29, 1.82) is 0 Å². The molecule has 0 amide bonds. The van der Waals surface area contributed by atoms with Gasteiger partial charge in [0.05, 0.1) is 0 Å². The molecule has 0 N–H and O–H groups in total. The van der Waals surface area contributed by atoms with Crippen molar-refractivity contribution in [3.05, 3.63) is 0 Å². The van der Waals surface area contributed by atoms with Gasteiger partial charge in [-0.2, -0.15) is 61.5 Å². The minimum absolute atomic E-state index is 0.274. The van der Waals surface area contributed by atoms with Gasteiger partial charge >= 0.3 is 46.0 Å². The summed E-state index contributed by atoms with van der Waals surface area (Å²) >= 11 is 0.274. The van der Waals surface area contributed by atoms with Gasteiger partial charge in [-0.1, -0.05) is 0 Å². The third-order valence-corrected chi connectivity index (χ3v) is 4.15. The molecule has 1 aliphatic carbocycles. The summed E-state index contributed by atoms with van der Waals surface area (Å²) in [7, 11) is 0. The Bertz CT molecular complexity index is 356. The molecule has 0 aliphatic heterocycles. The summed E-state index contributed by atoms with van der Waals surface area (Å²) < 4.78 is 188. The van der Waals surface area contributed by atoms with Crippen molar-refractivity contribution in [2.24, 2.45) is 0 Å². The molecule has 0 aromatic carbocycles. The van der Waals surface area contributed by atoms with Crippen molar-refractivity contribution in [3.8, 4) is 0 Å². The van der Waals surface area contributed by atoms with E-state index in [1.54, 1.807) is 0 Å². The van der Waals surface area contributed by atoms with Crippen LogP contribution in [0.25, 0.3) is 0 Å². The number of hydrogen-bond donors (Lipinski definition) is 0. The predicted octanol–water partition coefficient (Wildman–Crippen LogP) is 5.51. The molecule has 0 aromatic heterocycles. The Labute approximate surface area is 129 Å². The van der Waals surface area contributed by atoms with Gasteiger partial charge in [-0.25, -0.2) is 4.39 Å². The molecule has 16 heteroatoms. The van der Waals surface area contributed by atoms with Crippen molar-refractivity contribution in [3.63, 3.8) is 0 Å². The number of hydrogen-bond acceptors (Lipinski definition) is 0. The monoisotopic (exact) mass is 460 g/mol. The highest BCUT2D eigenvalue weighted by Gasteiger charge is 3.01. The van der Waals surface area contributed by atoms with E-state index >= 15 is 0 Å². The second-order valence-corrected chi connectivity index (χ2v) is 5.69. The molecular weight excluding hydrogens is 461 g/mol. The summed E-state index contributed by atoms with van der Waals surface area (Å²) in [5.41, 5.74) is 0. The third kappa shape index (κ3) is 1.75. The van der Waals surface area contributed by atoms with Crippen molar-refractivity contribution in [2.45, 2.75) is 46.0 Å². The zero-order valence-electron chi connectivity index (χ0n) is 10.0. The van der Waals surface area contributed by atoms with E-state index in [9.17, 15) is 65.9 Å². The molecule has 0 heterocycles. The van der Waals surface area contributed by atoms with Crippen LogP contribution in [0.2, 0.25) is 0 Å². The average Bonchev–Trinajstić information content (AvgIpc) is 2.35. The molecule has 0 spiro atoms. The van der Waals surface area contributed by atoms with Crippen LogP contribution in [0.5, 0.6) is 0 Å². The van der Waals surface area contributed by atoms with Crippen molar-refractivity contribution in [2.75, 3.05) is 0 Å². The lowest BCUT2D eigenvalue weighted by Gasteiger charge is -2.49. The van der Waals surface area contributed by atoms with Gasteiger partial charge < -0.3 is 0 Å². The van der Waals surface area contributed by atoms with E-state index < -0.39 is 46.0 Å². The van der Waals surface area contributed by atoms with Crippen LogP contribution in [0.1, 0.15) is 0 Å². The highest BCUT2D eigenvalue weighted by Crippen LogP contribution is 2.71. The van der Waals surface area contributed by atoms with Crippen LogP contribution in [0, 0.1) is 0 Å². The van der Waals surface area contributed by atoms with Gasteiger partial charge in [-0.05, 0) is 15.9 Å². The first-order valence-corrected chi connectivity index (χ1v) is 5.82. The lowest BCUT2D eigenvalue weighted by molar-refractivity contribution is -0.479. The summed E-state index contributed by atoms with van der Waals surface area (Å²) in [5.74, 6) is -55.5. The molecule has 1 fully saturated rings. The smallest absolute Gasteiger partial charge is 0.217 e. The molecule has 0 radical (unpaired) electrons. The van der Waals surface area contributed by atoms with Crippen molar-refractivity contribution >= 4 is 15.9 Å². The Morgan fingerprint density at radius 1 is 0.292 bits per heavy atom. The number of rotatable bonds is 0. The SMILES string of the molecule is FC1(F)C(F)(F)C(F)(F)C(F)(F)C(F)(Br)C(F)(F)C(F)(F)C1(F)F. The Balaban J connectivity index is 4.09. The predicted molar refractivity (Wildman–Crippen MR) is 47.4 cm³/mol. The fraction of sp³-hybridized carbons (Fsp3) is 1.00. The van der Waals surface area contributed by atoms with Crippen molar-refractivity contribution < 1.29 is 65.9 Å². The average molecular weight is 461 g/mol. The van der Waals surface area contributed by atoms with Gasteiger partial charge in [-0.3, -0.25) is 0 Å². The highest BCUT2D eigenvalue weighted by molar-refractivity contribution is 9.10. The Kier molecular flexibility index (Phi) is 4.10. The molecule has 0 aromatic rings. The second kappa shape index (κ2) is 4.58. The maximum absolute atomic E-state index is 13.3. The Morgan fingerprint density at radius 2 is 0.417 bits per heavy atom. The van der Waals surface area contributed by atoms with E-state index in [-0.39, 0.29) is 15.9 Å². The van der Waals surface area contributed by atoms with Crippen LogP contribution >= 0.6 is 15.9 Å². The van der Waals surface area contributed by atoms with Gasteiger partial charge in [-0.15, -0.1) is 0 Å². The second-order valence-electron chi connectivity index (χ2n) is 4.60. The van der Waals surface area contributed by atoms with E-state index in [1.807, 2.05) is 0 Å². The van der Waals surface area contributed by atoms with Crippen LogP contribution in [-0.4, -0.2) is 46.0 Å². The topological polar surface area (TPSA) is 0 Å². The highest BCUT2D eigenvalue weighted by atomic mass is 79.9. The van der Waals surface area contributed by atoms with Gasteiger partial charge in [0.1, 0.15) is 0 Å². The number of alkyl halides is 16. The summed E-state index contributed by atoms with van der Waals surface area (Å²) in [4.78, 5) is 0. The van der Waals surface area contributed by atoms with Gasteiger partial charge in [0.2, 0.25) is 0 Å². The zero-order chi connectivity index (χ0) is 20.0. The van der Waals surface area contributed by atoms with Crippen LogP contribution in [-0.2, 0) is 0 Å². The molecule has 0 bridgehead atoms. The molecule has 0 saturated heterocycles. The van der Waals surface area contributed by atoms with Gasteiger partial charge in [0.25, 0.3) is 0 Å². The fourth-order valence-corrected chi connectivity index (χ4v) is 2.08. The summed E-state index contributed by atoms with van der Waals surface area (Å²) in [6, 6.07) is 0. The summed E-state index contributed by atoms with van der Waals surface area (Å²) in [5, 5.41) is 0. The van der Waals surface area contributed by atoms with Crippen LogP contribution in [0.15, 0.2) is 0 Å². The van der Waals surface area contributed by atoms with E-state index in [1.165, 1.54) is 0 Å². The van der Waals surface area contributed by atoms with E-state index in [4.69, 9.17) is 0 Å². The van der Waals surface area contributed by atoms with Crippen molar-refractivity contribution in [1.82, 2.24) is 0 Å². The molecule has 144 valence electrons.